The van der Waals surface area contributed by atoms with Crippen LogP contribution in [-0.4, -0.2) is 4.57 Å². The van der Waals surface area contributed by atoms with E-state index in [1.54, 1.807) is 0 Å². The van der Waals surface area contributed by atoms with Crippen LogP contribution in [0, 0.1) is 5.92 Å². The highest BCUT2D eigenvalue weighted by atomic mass is 15.1. The molecule has 0 radical (unpaired) electrons. The summed E-state index contributed by atoms with van der Waals surface area (Å²) in [5, 5.41) is 2.45. The molecule has 2 nitrogen and oxygen atoms in total. The summed E-state index contributed by atoms with van der Waals surface area (Å²) in [5.41, 5.74) is 22.5. The molecule has 0 saturated carbocycles. The number of aromatic nitrogens is 1. The maximum Gasteiger partial charge on any atom is 0.0541 e. The van der Waals surface area contributed by atoms with Gasteiger partial charge in [0.05, 0.1) is 22.1 Å². The van der Waals surface area contributed by atoms with Crippen molar-refractivity contribution in [2.24, 2.45) is 5.92 Å². The number of anilines is 3. The van der Waals surface area contributed by atoms with Gasteiger partial charge in [0, 0.05) is 33.4 Å². The molecule has 2 atom stereocenters. The second kappa shape index (κ2) is 18.5. The van der Waals surface area contributed by atoms with Crippen molar-refractivity contribution >= 4 is 38.9 Å². The third kappa shape index (κ3) is 7.48. The summed E-state index contributed by atoms with van der Waals surface area (Å²) < 4.78 is 2.45. The number of rotatable bonds is 10. The third-order valence-electron chi connectivity index (χ3n) is 15.8. The number of benzene rings is 11. The molecular weight excluding hydrogens is 905 g/mol. The molecule has 354 valence electrons. The number of nitrogens with zero attached hydrogens (tertiary/aromatic N) is 2. The molecule has 1 aromatic heterocycles. The Morgan fingerprint density at radius 2 is 0.947 bits per heavy atom. The van der Waals surface area contributed by atoms with Crippen molar-refractivity contribution in [3.63, 3.8) is 0 Å². The van der Waals surface area contributed by atoms with Gasteiger partial charge in [-0.2, -0.15) is 0 Å². The lowest BCUT2D eigenvalue weighted by Gasteiger charge is -2.40. The van der Waals surface area contributed by atoms with Gasteiger partial charge >= 0.3 is 0 Å². The maximum absolute atomic E-state index is 2.50. The van der Waals surface area contributed by atoms with E-state index in [4.69, 9.17) is 0 Å². The van der Waals surface area contributed by atoms with Crippen molar-refractivity contribution in [2.45, 2.75) is 11.8 Å². The summed E-state index contributed by atoms with van der Waals surface area (Å²) in [7, 11) is 0. The predicted molar refractivity (Wildman–Crippen MR) is 315 cm³/mol. The summed E-state index contributed by atoms with van der Waals surface area (Å²) in [5.74, 6) is 0.233. The highest BCUT2D eigenvalue weighted by Crippen LogP contribution is 2.59. The highest BCUT2D eigenvalue weighted by molar-refractivity contribution is 6.11. The molecule has 14 rings (SSSR count). The third-order valence-corrected chi connectivity index (χ3v) is 15.8. The lowest BCUT2D eigenvalue weighted by molar-refractivity contribution is 0.457. The van der Waals surface area contributed by atoms with E-state index >= 15 is 0 Å². The van der Waals surface area contributed by atoms with Crippen LogP contribution < -0.4 is 4.90 Å². The van der Waals surface area contributed by atoms with Gasteiger partial charge in [0.1, 0.15) is 0 Å². The second-order valence-electron chi connectivity index (χ2n) is 20.0. The Morgan fingerprint density at radius 1 is 0.360 bits per heavy atom. The molecule has 0 N–H and O–H groups in total. The number of para-hydroxylation sites is 3. The van der Waals surface area contributed by atoms with E-state index in [1.165, 1.54) is 83.0 Å². The van der Waals surface area contributed by atoms with Crippen molar-refractivity contribution < 1.29 is 0 Å². The van der Waals surface area contributed by atoms with Crippen LogP contribution in [0.4, 0.5) is 17.1 Å². The average Bonchev–Trinajstić information content (AvgIpc) is 4.11. The molecule has 2 aliphatic rings. The van der Waals surface area contributed by atoms with Crippen molar-refractivity contribution in [1.29, 1.82) is 0 Å². The van der Waals surface area contributed by atoms with E-state index < -0.39 is 0 Å². The molecule has 11 aromatic carbocycles. The first-order valence-electron chi connectivity index (χ1n) is 26.2. The monoisotopic (exact) mass is 956 g/mol. The Hall–Kier alpha value is -9.50. The zero-order valence-corrected chi connectivity index (χ0v) is 41.5. The van der Waals surface area contributed by atoms with Gasteiger partial charge in [0.25, 0.3) is 0 Å². The van der Waals surface area contributed by atoms with Crippen LogP contribution >= 0.6 is 0 Å². The van der Waals surface area contributed by atoms with Gasteiger partial charge in [-0.1, -0.05) is 224 Å². The minimum atomic E-state index is -0.384. The summed E-state index contributed by atoms with van der Waals surface area (Å²) in [4.78, 5) is 2.47. The van der Waals surface area contributed by atoms with Crippen molar-refractivity contribution in [1.82, 2.24) is 4.57 Å². The maximum atomic E-state index is 2.50. The second-order valence-corrected chi connectivity index (χ2v) is 20.0. The van der Waals surface area contributed by atoms with Gasteiger partial charge in [-0.05, 0) is 152 Å². The topological polar surface area (TPSA) is 8.17 Å². The van der Waals surface area contributed by atoms with E-state index in [0.717, 1.165) is 40.3 Å². The lowest BCUT2D eigenvalue weighted by atomic mass is 9.62. The fourth-order valence-corrected chi connectivity index (χ4v) is 12.5. The Bertz CT molecular complexity index is 4090. The van der Waals surface area contributed by atoms with Crippen LogP contribution in [-0.2, 0) is 5.41 Å². The average molecular weight is 957 g/mol. The molecule has 0 saturated heterocycles. The number of fused-ring (bicyclic) bond motifs is 6. The van der Waals surface area contributed by atoms with Gasteiger partial charge < -0.3 is 9.47 Å². The lowest BCUT2D eigenvalue weighted by Crippen LogP contribution is -2.35. The molecule has 0 fully saturated rings. The zero-order valence-electron chi connectivity index (χ0n) is 41.5. The first kappa shape index (κ1) is 44.2. The molecule has 12 aromatic rings. The molecule has 0 aliphatic heterocycles. The molecule has 0 amide bonds. The number of hydrogen-bond donors (Lipinski definition) is 0. The van der Waals surface area contributed by atoms with Crippen molar-refractivity contribution in [3.8, 4) is 61.3 Å². The van der Waals surface area contributed by atoms with Crippen LogP contribution in [0.3, 0.4) is 0 Å². The number of hydrogen-bond acceptors (Lipinski definition) is 1. The van der Waals surface area contributed by atoms with Gasteiger partial charge in [-0.3, -0.25) is 0 Å². The van der Waals surface area contributed by atoms with Crippen LogP contribution in [0.2, 0.25) is 0 Å². The first-order chi connectivity index (χ1) is 37.2. The van der Waals surface area contributed by atoms with Gasteiger partial charge in [-0.15, -0.1) is 0 Å². The SMILES string of the molecule is C1=CCC(C2(c3ccccc3)c3ccccc3-c3ccc(N(c4ccccc4)c4ccccc4-c4cccc(-c5ccc6c(c5)c5ccccc5n6-c5cc(-c6ccccc6)cc(-c6ccccc6)c5)c4)cc32)C=C1. The minimum absolute atomic E-state index is 0.233. The fraction of sp³-hybridized carbons (Fsp3) is 0.0411. The summed E-state index contributed by atoms with van der Waals surface area (Å²) in [6, 6.07) is 101. The Morgan fingerprint density at radius 3 is 1.69 bits per heavy atom. The van der Waals surface area contributed by atoms with E-state index in [9.17, 15) is 0 Å². The van der Waals surface area contributed by atoms with Crippen molar-refractivity contribution in [2.75, 3.05) is 4.90 Å². The quantitative estimate of drug-likeness (QED) is 0.133. The van der Waals surface area contributed by atoms with E-state index in [1.807, 2.05) is 0 Å². The first-order valence-corrected chi connectivity index (χ1v) is 26.2. The van der Waals surface area contributed by atoms with Crippen molar-refractivity contribution in [3.05, 3.63) is 314 Å². The van der Waals surface area contributed by atoms with Crippen LogP contribution in [0.1, 0.15) is 23.1 Å². The molecule has 1 heterocycles. The Labute approximate surface area is 439 Å². The Kier molecular flexibility index (Phi) is 10.9. The molecule has 0 spiro atoms. The molecule has 2 unspecified atom stereocenters. The van der Waals surface area contributed by atoms with E-state index in [-0.39, 0.29) is 11.3 Å². The largest absolute Gasteiger partial charge is 0.310 e. The molecule has 0 bridgehead atoms. The predicted octanol–water partition coefficient (Wildman–Crippen LogP) is 19.4. The Balaban J connectivity index is 0.898. The van der Waals surface area contributed by atoms with E-state index in [0.29, 0.717) is 0 Å². The molecule has 2 aliphatic carbocycles. The fourth-order valence-electron chi connectivity index (χ4n) is 12.5. The van der Waals surface area contributed by atoms with Gasteiger partial charge in [0.2, 0.25) is 0 Å². The zero-order chi connectivity index (χ0) is 49.7. The summed E-state index contributed by atoms with van der Waals surface area (Å²) >= 11 is 0. The minimum Gasteiger partial charge on any atom is -0.310 e. The van der Waals surface area contributed by atoms with Crippen LogP contribution in [0.15, 0.2) is 297 Å². The highest BCUT2D eigenvalue weighted by Gasteiger charge is 2.49. The standard InChI is InChI=1S/C73H52N2/c1-6-23-51(24-7-1)56-46-57(52-25-8-2-9-26-52)48-62(47-56)75-71-40-21-18-37-66(71)67-49-54(41-44-72(67)75)53-27-22-28-55(45-53)63-35-17-20-39-70(63)74(60-33-14-5-15-34-60)61-42-43-65-64-36-16-19-38-68(64)73(69(65)50-61,58-29-10-3-11-30-58)59-31-12-4-13-32-59/h1-31,33-50,59H,32H2. The molecule has 2 heteroatoms. The summed E-state index contributed by atoms with van der Waals surface area (Å²) in [6.45, 7) is 0. The molecule has 75 heavy (non-hydrogen) atoms. The van der Waals surface area contributed by atoms with Gasteiger partial charge in [0.15, 0.2) is 0 Å². The summed E-state index contributed by atoms with van der Waals surface area (Å²) in [6.07, 6.45) is 10.2. The molecular formula is C73H52N2. The van der Waals surface area contributed by atoms with Crippen LogP contribution in [0.5, 0.6) is 0 Å². The normalized spacial score (nSPS) is 15.5. The van der Waals surface area contributed by atoms with Crippen LogP contribution in [0.25, 0.3) is 83.1 Å². The number of allylic oxidation sites excluding steroid dienone is 4. The van der Waals surface area contributed by atoms with E-state index in [2.05, 4.69) is 307 Å². The van der Waals surface area contributed by atoms with Gasteiger partial charge in [-0.25, -0.2) is 0 Å². The smallest absolute Gasteiger partial charge is 0.0541 e.